The number of rotatable bonds is 3. The Labute approximate surface area is 122 Å². The van der Waals surface area contributed by atoms with Crippen LogP contribution in [0.2, 0.25) is 0 Å². The summed E-state index contributed by atoms with van der Waals surface area (Å²) in [7, 11) is 0. The molecule has 1 fully saturated rings. The van der Waals surface area contributed by atoms with E-state index in [1.807, 2.05) is 26.0 Å². The van der Waals surface area contributed by atoms with Crippen LogP contribution in [-0.4, -0.2) is 22.1 Å². The van der Waals surface area contributed by atoms with Crippen LogP contribution in [0.5, 0.6) is 0 Å². The van der Waals surface area contributed by atoms with Crippen LogP contribution < -0.4 is 0 Å². The molecule has 0 bridgehead atoms. The lowest BCUT2D eigenvalue weighted by Crippen LogP contribution is -2.36. The highest BCUT2D eigenvalue weighted by atomic mass is 79.9. The van der Waals surface area contributed by atoms with Crippen LogP contribution in [0.25, 0.3) is 6.08 Å². The van der Waals surface area contributed by atoms with Crippen molar-refractivity contribution in [3.8, 4) is 0 Å². The van der Waals surface area contributed by atoms with Crippen molar-refractivity contribution in [1.82, 2.24) is 4.90 Å². The highest BCUT2D eigenvalue weighted by Crippen LogP contribution is 2.35. The molecule has 1 aliphatic rings. The molecule has 1 aromatic rings. The summed E-state index contributed by atoms with van der Waals surface area (Å²) >= 11 is 5.93. The van der Waals surface area contributed by atoms with Crippen molar-refractivity contribution >= 4 is 56.3 Å². The molecule has 1 aliphatic heterocycles. The van der Waals surface area contributed by atoms with Gasteiger partial charge in [-0.1, -0.05) is 6.92 Å². The van der Waals surface area contributed by atoms with E-state index in [9.17, 15) is 9.59 Å². The quantitative estimate of drug-likeness (QED) is 0.764. The van der Waals surface area contributed by atoms with E-state index in [0.29, 0.717) is 4.91 Å². The van der Waals surface area contributed by atoms with E-state index < -0.39 is 0 Å². The molecule has 0 aliphatic carbocycles. The molecule has 2 heterocycles. The van der Waals surface area contributed by atoms with E-state index in [1.54, 1.807) is 6.08 Å². The average Bonchev–Trinajstić information content (AvgIpc) is 2.84. The van der Waals surface area contributed by atoms with Gasteiger partial charge in [0, 0.05) is 10.9 Å². The second kappa shape index (κ2) is 5.59. The average molecular weight is 346 g/mol. The summed E-state index contributed by atoms with van der Waals surface area (Å²) in [5, 5.41) is -0.170. The smallest absolute Gasteiger partial charge is 0.268 e. The van der Waals surface area contributed by atoms with Gasteiger partial charge < -0.3 is 0 Å². The second-order valence-corrected chi connectivity index (χ2v) is 7.44. The van der Waals surface area contributed by atoms with E-state index in [2.05, 4.69) is 15.9 Å². The maximum Gasteiger partial charge on any atom is 0.293 e. The third-order valence-electron chi connectivity index (χ3n) is 2.72. The van der Waals surface area contributed by atoms with Crippen molar-refractivity contribution in [3.05, 3.63) is 25.7 Å². The summed E-state index contributed by atoms with van der Waals surface area (Å²) in [6, 6.07) is 3.81. The molecule has 0 N–H and O–H groups in total. The monoisotopic (exact) mass is 345 g/mol. The summed E-state index contributed by atoms with van der Waals surface area (Å²) < 4.78 is 1.01. The van der Waals surface area contributed by atoms with Gasteiger partial charge in [-0.05, 0) is 59.2 Å². The molecule has 1 saturated heterocycles. The third kappa shape index (κ3) is 2.70. The van der Waals surface area contributed by atoms with Gasteiger partial charge in [-0.15, -0.1) is 11.3 Å². The van der Waals surface area contributed by atoms with Gasteiger partial charge in [-0.3, -0.25) is 14.5 Å². The Hall–Kier alpha value is -0.590. The number of hydrogen-bond acceptors (Lipinski definition) is 4. The van der Waals surface area contributed by atoms with Crippen molar-refractivity contribution < 1.29 is 9.59 Å². The Morgan fingerprint density at radius 1 is 1.44 bits per heavy atom. The Morgan fingerprint density at radius 2 is 2.17 bits per heavy atom. The number of hydrogen-bond donors (Lipinski definition) is 0. The molecule has 6 heteroatoms. The molecule has 0 saturated carbocycles. The Balaban J connectivity index is 2.25. The van der Waals surface area contributed by atoms with Gasteiger partial charge in [-0.25, -0.2) is 0 Å². The van der Waals surface area contributed by atoms with Crippen molar-refractivity contribution in [1.29, 1.82) is 0 Å². The zero-order valence-corrected chi connectivity index (χ0v) is 13.2. The van der Waals surface area contributed by atoms with Crippen LogP contribution in [0.3, 0.4) is 0 Å². The van der Waals surface area contributed by atoms with Crippen LogP contribution in [0.1, 0.15) is 25.1 Å². The van der Waals surface area contributed by atoms with Crippen LogP contribution >= 0.6 is 39.0 Å². The molecular weight excluding hydrogens is 334 g/mol. The molecule has 0 spiro atoms. The molecule has 2 amide bonds. The number of carbonyl (C=O) groups is 2. The third-order valence-corrected chi connectivity index (χ3v) is 5.18. The zero-order valence-electron chi connectivity index (χ0n) is 9.97. The molecule has 0 radical (unpaired) electrons. The van der Waals surface area contributed by atoms with Crippen molar-refractivity contribution in [3.63, 3.8) is 0 Å². The number of carbonyl (C=O) groups excluding carboxylic acids is 2. The number of imide groups is 1. The SMILES string of the molecule is CC[C@H](C)N1C(=O)S/C(=C/c2ccc(Br)s2)C1=O. The van der Waals surface area contributed by atoms with Gasteiger partial charge in [0.15, 0.2) is 0 Å². The number of halogens is 1. The number of thioether (sulfide) groups is 1. The predicted molar refractivity (Wildman–Crippen MR) is 79.6 cm³/mol. The topological polar surface area (TPSA) is 37.4 Å². The fourth-order valence-electron chi connectivity index (χ4n) is 1.58. The van der Waals surface area contributed by atoms with Crippen molar-refractivity contribution in [2.24, 2.45) is 0 Å². The highest BCUT2D eigenvalue weighted by Gasteiger charge is 2.37. The molecule has 1 aromatic heterocycles. The summed E-state index contributed by atoms with van der Waals surface area (Å²) in [5.74, 6) is -0.177. The van der Waals surface area contributed by atoms with E-state index in [1.165, 1.54) is 16.2 Å². The Bertz CT molecular complexity index is 524. The lowest BCUT2D eigenvalue weighted by atomic mass is 10.2. The van der Waals surface area contributed by atoms with E-state index >= 15 is 0 Å². The molecule has 0 unspecified atom stereocenters. The van der Waals surface area contributed by atoms with Crippen molar-refractivity contribution in [2.45, 2.75) is 26.3 Å². The molecule has 18 heavy (non-hydrogen) atoms. The maximum absolute atomic E-state index is 12.1. The Kier molecular flexibility index (Phi) is 4.29. The highest BCUT2D eigenvalue weighted by molar-refractivity contribution is 9.11. The van der Waals surface area contributed by atoms with Crippen molar-refractivity contribution in [2.75, 3.05) is 0 Å². The lowest BCUT2D eigenvalue weighted by Gasteiger charge is -2.19. The maximum atomic E-state index is 12.1. The minimum absolute atomic E-state index is 0.0431. The van der Waals surface area contributed by atoms with Crippen LogP contribution in [-0.2, 0) is 4.79 Å². The molecule has 1 atom stereocenters. The number of nitrogens with zero attached hydrogens (tertiary/aromatic N) is 1. The predicted octanol–water partition coefficient (Wildman–Crippen LogP) is 4.35. The Morgan fingerprint density at radius 3 is 2.72 bits per heavy atom. The van der Waals surface area contributed by atoms with E-state index in [-0.39, 0.29) is 17.2 Å². The van der Waals surface area contributed by atoms with Crippen LogP contribution in [0.15, 0.2) is 20.8 Å². The van der Waals surface area contributed by atoms with Gasteiger partial charge in [0.1, 0.15) is 0 Å². The number of amides is 2. The van der Waals surface area contributed by atoms with Crippen LogP contribution in [0, 0.1) is 0 Å². The standard InChI is InChI=1S/C12H12BrNO2S2/c1-3-7(2)14-11(15)9(18-12(14)16)6-8-4-5-10(13)17-8/h4-7H,3H2,1-2H3/b9-6+/t7-/m0/s1. The summed E-state index contributed by atoms with van der Waals surface area (Å²) in [6.45, 7) is 3.86. The molecular formula is C12H12BrNO2S2. The van der Waals surface area contributed by atoms with Gasteiger partial charge in [0.05, 0.1) is 8.69 Å². The summed E-state index contributed by atoms with van der Waals surface area (Å²) in [6.07, 6.45) is 2.55. The number of thiophene rings is 1. The lowest BCUT2D eigenvalue weighted by molar-refractivity contribution is -0.124. The van der Waals surface area contributed by atoms with Gasteiger partial charge in [-0.2, -0.15) is 0 Å². The first-order chi connectivity index (χ1) is 8.52. The second-order valence-electron chi connectivity index (χ2n) is 3.95. The largest absolute Gasteiger partial charge is 0.293 e. The summed E-state index contributed by atoms with van der Waals surface area (Å²) in [5.41, 5.74) is 0. The minimum atomic E-state index is -0.177. The molecule has 0 aromatic carbocycles. The molecule has 96 valence electrons. The molecule has 3 nitrogen and oxygen atoms in total. The zero-order chi connectivity index (χ0) is 13.3. The van der Waals surface area contributed by atoms with Gasteiger partial charge >= 0.3 is 0 Å². The normalized spacial score (nSPS) is 19.9. The fraction of sp³-hybridized carbons (Fsp3) is 0.333. The van der Waals surface area contributed by atoms with Gasteiger partial charge in [0.2, 0.25) is 0 Å². The summed E-state index contributed by atoms with van der Waals surface area (Å²) in [4.78, 5) is 26.8. The fourth-order valence-corrected chi connectivity index (χ4v) is 3.94. The van der Waals surface area contributed by atoms with Crippen LogP contribution in [0.4, 0.5) is 4.79 Å². The van der Waals surface area contributed by atoms with E-state index in [0.717, 1.165) is 26.8 Å². The molecule has 2 rings (SSSR count). The van der Waals surface area contributed by atoms with Gasteiger partial charge in [0.25, 0.3) is 11.1 Å². The first-order valence-electron chi connectivity index (χ1n) is 5.55. The first-order valence-corrected chi connectivity index (χ1v) is 7.98. The van der Waals surface area contributed by atoms with E-state index in [4.69, 9.17) is 0 Å². The minimum Gasteiger partial charge on any atom is -0.268 e. The first kappa shape index (κ1) is 13.8.